The van der Waals surface area contributed by atoms with Gasteiger partial charge in [0.15, 0.2) is 0 Å². The molecule has 31 heavy (non-hydrogen) atoms. The summed E-state index contributed by atoms with van der Waals surface area (Å²) in [6, 6.07) is 12.2. The van der Waals surface area contributed by atoms with Gasteiger partial charge in [0.05, 0.1) is 17.8 Å². The van der Waals surface area contributed by atoms with Crippen molar-refractivity contribution in [3.05, 3.63) is 82.8 Å². The van der Waals surface area contributed by atoms with Gasteiger partial charge in [-0.2, -0.15) is 5.10 Å². The zero-order valence-electron chi connectivity index (χ0n) is 18.5. The number of hydrogen-bond acceptors (Lipinski definition) is 4. The number of fused-ring (bicyclic) bond motifs is 1. The second-order valence-corrected chi connectivity index (χ2v) is 8.86. The molecule has 2 aromatic heterocycles. The maximum atomic E-state index is 12.9. The van der Waals surface area contributed by atoms with E-state index in [1.807, 2.05) is 35.1 Å². The minimum absolute atomic E-state index is 0.0561. The maximum absolute atomic E-state index is 12.9. The van der Waals surface area contributed by atoms with Gasteiger partial charge in [-0.3, -0.25) is 9.48 Å². The molecular formula is C25H29N5O. The molecule has 6 heteroatoms. The first-order chi connectivity index (χ1) is 14.8. The highest BCUT2D eigenvalue weighted by Crippen LogP contribution is 2.43. The highest BCUT2D eigenvalue weighted by Gasteiger charge is 2.33. The van der Waals surface area contributed by atoms with Crippen LogP contribution in [0.4, 0.5) is 5.82 Å². The summed E-state index contributed by atoms with van der Waals surface area (Å²) in [4.78, 5) is 17.1. The number of pyridine rings is 1. The van der Waals surface area contributed by atoms with Crippen molar-refractivity contribution in [2.45, 2.75) is 40.2 Å². The largest absolute Gasteiger partial charge is 0.383 e. The zero-order valence-corrected chi connectivity index (χ0v) is 18.5. The molecule has 6 nitrogen and oxygen atoms in total. The Labute approximate surface area is 183 Å². The number of amides is 1. The number of nitrogens with two attached hydrogens (primary N) is 1. The molecular weight excluding hydrogens is 386 g/mol. The molecule has 0 unspecified atom stereocenters. The third-order valence-corrected chi connectivity index (χ3v) is 6.35. The Bertz CT molecular complexity index is 1140. The molecule has 0 fully saturated rings. The molecule has 160 valence electrons. The van der Waals surface area contributed by atoms with E-state index in [-0.39, 0.29) is 17.4 Å². The van der Waals surface area contributed by atoms with Gasteiger partial charge in [0.25, 0.3) is 5.91 Å². The lowest BCUT2D eigenvalue weighted by Crippen LogP contribution is -2.34. The molecule has 0 saturated carbocycles. The lowest BCUT2D eigenvalue weighted by Gasteiger charge is -2.36. The van der Waals surface area contributed by atoms with Crippen LogP contribution in [-0.4, -0.2) is 27.2 Å². The Hall–Kier alpha value is -3.41. The van der Waals surface area contributed by atoms with Crippen LogP contribution in [0.2, 0.25) is 0 Å². The van der Waals surface area contributed by atoms with Crippen LogP contribution >= 0.6 is 0 Å². The van der Waals surface area contributed by atoms with Gasteiger partial charge in [0.1, 0.15) is 5.82 Å². The molecule has 0 aliphatic heterocycles. The summed E-state index contributed by atoms with van der Waals surface area (Å²) in [6.07, 6.45) is 5.98. The molecule has 1 amide bonds. The Morgan fingerprint density at radius 2 is 2.00 bits per heavy atom. The van der Waals surface area contributed by atoms with Gasteiger partial charge in [0.2, 0.25) is 0 Å². The Morgan fingerprint density at radius 3 is 2.74 bits per heavy atom. The van der Waals surface area contributed by atoms with E-state index in [4.69, 9.17) is 5.73 Å². The van der Waals surface area contributed by atoms with E-state index >= 15 is 0 Å². The van der Waals surface area contributed by atoms with E-state index in [0.717, 1.165) is 28.7 Å². The van der Waals surface area contributed by atoms with Gasteiger partial charge >= 0.3 is 0 Å². The zero-order chi connectivity index (χ0) is 22.2. The lowest BCUT2D eigenvalue weighted by molar-refractivity contribution is 0.0955. The summed E-state index contributed by atoms with van der Waals surface area (Å²) < 4.78 is 1.82. The predicted molar refractivity (Wildman–Crippen MR) is 124 cm³/mol. The lowest BCUT2D eigenvalue weighted by atomic mass is 9.70. The average molecular weight is 416 g/mol. The van der Waals surface area contributed by atoms with E-state index in [2.05, 4.69) is 55.2 Å². The molecule has 1 aliphatic rings. The number of aromatic nitrogens is 3. The van der Waals surface area contributed by atoms with E-state index in [1.165, 1.54) is 5.57 Å². The second kappa shape index (κ2) is 8.02. The molecule has 0 saturated heterocycles. The summed E-state index contributed by atoms with van der Waals surface area (Å²) in [6.45, 7) is 9.03. The number of carbonyl (C=O) groups excluding carboxylic acids is 1. The van der Waals surface area contributed by atoms with Crippen LogP contribution in [0.25, 0.3) is 5.57 Å². The van der Waals surface area contributed by atoms with Gasteiger partial charge in [0, 0.05) is 24.5 Å². The third-order valence-electron chi connectivity index (χ3n) is 6.35. The molecule has 3 N–H and O–H groups in total. The van der Waals surface area contributed by atoms with Crippen molar-refractivity contribution < 1.29 is 4.79 Å². The smallest absolute Gasteiger partial charge is 0.254 e. The van der Waals surface area contributed by atoms with Crippen LogP contribution < -0.4 is 11.1 Å². The molecule has 0 radical (unpaired) electrons. The van der Waals surface area contributed by atoms with E-state index in [0.29, 0.717) is 17.9 Å². The number of benzene rings is 1. The average Bonchev–Trinajstić information content (AvgIpc) is 3.24. The van der Waals surface area contributed by atoms with Crippen LogP contribution in [0.1, 0.15) is 60.8 Å². The summed E-state index contributed by atoms with van der Waals surface area (Å²) in [5.74, 6) is 0.468. The van der Waals surface area contributed by atoms with Crippen LogP contribution in [0.15, 0.2) is 60.6 Å². The standard InChI is InChI=1S/C25H29N5O/c1-16-20-10-11-27-23(26)21(20)12-25(3,4)22(16)14-28-24(31)19-13-29-30(15-19)17(2)18-8-6-5-7-9-18/h5-11,13,15,17H,12,14H2,1-4H3,(H2,26,27)(H,28,31)/t17-/m1/s1. The van der Waals surface area contributed by atoms with Crippen molar-refractivity contribution in [3.63, 3.8) is 0 Å². The minimum Gasteiger partial charge on any atom is -0.383 e. The molecule has 1 aromatic carbocycles. The van der Waals surface area contributed by atoms with Crippen molar-refractivity contribution in [3.8, 4) is 0 Å². The first-order valence-electron chi connectivity index (χ1n) is 10.6. The molecule has 4 rings (SSSR count). The Morgan fingerprint density at radius 1 is 1.26 bits per heavy atom. The molecule has 0 spiro atoms. The number of allylic oxidation sites excluding steroid dienone is 1. The molecule has 1 atom stereocenters. The van der Waals surface area contributed by atoms with Crippen molar-refractivity contribution >= 4 is 17.3 Å². The van der Waals surface area contributed by atoms with Crippen molar-refractivity contribution in [2.75, 3.05) is 12.3 Å². The Kier molecular flexibility index (Phi) is 5.39. The number of rotatable bonds is 5. The van der Waals surface area contributed by atoms with E-state index < -0.39 is 0 Å². The topological polar surface area (TPSA) is 85.8 Å². The maximum Gasteiger partial charge on any atom is 0.254 e. The summed E-state index contributed by atoms with van der Waals surface area (Å²) >= 11 is 0. The summed E-state index contributed by atoms with van der Waals surface area (Å²) in [5, 5.41) is 7.51. The molecule has 0 bridgehead atoms. The van der Waals surface area contributed by atoms with Gasteiger partial charge in [-0.25, -0.2) is 4.98 Å². The summed E-state index contributed by atoms with van der Waals surface area (Å²) in [5.41, 5.74) is 12.3. The number of hydrogen-bond donors (Lipinski definition) is 2. The van der Waals surface area contributed by atoms with Crippen molar-refractivity contribution in [1.82, 2.24) is 20.1 Å². The number of carbonyl (C=O) groups is 1. The highest BCUT2D eigenvalue weighted by atomic mass is 16.1. The third kappa shape index (κ3) is 3.98. The number of nitrogen functional groups attached to an aromatic ring is 1. The van der Waals surface area contributed by atoms with Crippen LogP contribution in [0, 0.1) is 5.41 Å². The first-order valence-corrected chi connectivity index (χ1v) is 10.6. The van der Waals surface area contributed by atoms with Gasteiger partial charge in [-0.05, 0) is 54.0 Å². The normalized spacial score (nSPS) is 16.0. The van der Waals surface area contributed by atoms with E-state index in [1.54, 1.807) is 12.4 Å². The van der Waals surface area contributed by atoms with Crippen molar-refractivity contribution in [1.29, 1.82) is 0 Å². The minimum atomic E-state index is -0.123. The monoisotopic (exact) mass is 415 g/mol. The molecule has 3 aromatic rings. The van der Waals surface area contributed by atoms with Gasteiger partial charge in [-0.15, -0.1) is 0 Å². The number of anilines is 1. The quantitative estimate of drug-likeness (QED) is 0.652. The van der Waals surface area contributed by atoms with Gasteiger partial charge < -0.3 is 11.1 Å². The summed E-state index contributed by atoms with van der Waals surface area (Å²) in [7, 11) is 0. The Balaban J connectivity index is 1.51. The predicted octanol–water partition coefficient (Wildman–Crippen LogP) is 4.26. The fraction of sp³-hybridized carbons (Fsp3) is 0.320. The SMILES string of the molecule is CC1=C(CNC(=O)c2cnn([C@H](C)c3ccccc3)c2)C(C)(C)Cc2c1ccnc2N. The first kappa shape index (κ1) is 20.8. The van der Waals surface area contributed by atoms with Crippen LogP contribution in [0.3, 0.4) is 0 Å². The van der Waals surface area contributed by atoms with Gasteiger partial charge in [-0.1, -0.05) is 44.2 Å². The number of nitrogens with one attached hydrogen (secondary N) is 1. The highest BCUT2D eigenvalue weighted by molar-refractivity contribution is 5.94. The molecule has 1 aliphatic carbocycles. The number of nitrogens with zero attached hydrogens (tertiary/aromatic N) is 3. The van der Waals surface area contributed by atoms with Crippen molar-refractivity contribution in [2.24, 2.45) is 5.41 Å². The van der Waals surface area contributed by atoms with E-state index in [9.17, 15) is 4.79 Å². The fourth-order valence-electron chi connectivity index (χ4n) is 4.46. The van der Waals surface area contributed by atoms with Crippen LogP contribution in [-0.2, 0) is 6.42 Å². The molecule has 2 heterocycles. The fourth-order valence-corrected chi connectivity index (χ4v) is 4.46. The van der Waals surface area contributed by atoms with Crippen LogP contribution in [0.5, 0.6) is 0 Å². The second-order valence-electron chi connectivity index (χ2n) is 8.86.